The van der Waals surface area contributed by atoms with E-state index in [4.69, 9.17) is 0 Å². The molecule has 0 fully saturated rings. The van der Waals surface area contributed by atoms with E-state index in [1.54, 1.807) is 24.3 Å². The zero-order chi connectivity index (χ0) is 18.0. The minimum atomic E-state index is -0.251. The molecule has 0 aliphatic heterocycles. The number of thioether (sulfide) groups is 1. The smallest absolute Gasteiger partial charge is 0.259 e. The highest BCUT2D eigenvalue weighted by atomic mass is 32.2. The summed E-state index contributed by atoms with van der Waals surface area (Å²) in [5, 5.41) is 13.4. The number of nitrogens with one attached hydrogen (secondary N) is 2. The van der Waals surface area contributed by atoms with Gasteiger partial charge >= 0.3 is 0 Å². The van der Waals surface area contributed by atoms with Gasteiger partial charge in [-0.2, -0.15) is 5.26 Å². The van der Waals surface area contributed by atoms with Crippen molar-refractivity contribution in [2.75, 3.05) is 11.1 Å². The average molecular weight is 370 g/mol. The van der Waals surface area contributed by atoms with Crippen molar-refractivity contribution in [3.63, 3.8) is 0 Å². The summed E-state index contributed by atoms with van der Waals surface area (Å²) in [5.41, 5.74) is 1.74. The van der Waals surface area contributed by atoms with E-state index in [0.29, 0.717) is 26.6 Å². The summed E-state index contributed by atoms with van der Waals surface area (Å²) in [6, 6.07) is 9.16. The van der Waals surface area contributed by atoms with Gasteiger partial charge in [-0.25, -0.2) is 4.98 Å². The fraction of sp³-hybridized carbons (Fsp3) is 0.176. The lowest BCUT2D eigenvalue weighted by Gasteiger charge is -2.04. The molecule has 2 heterocycles. The Bertz CT molecular complexity index is 1060. The van der Waals surface area contributed by atoms with Gasteiger partial charge in [0.2, 0.25) is 5.91 Å². The number of fused-ring (bicyclic) bond motifs is 1. The quantitative estimate of drug-likeness (QED) is 0.543. The Balaban J connectivity index is 1.72. The van der Waals surface area contributed by atoms with Gasteiger partial charge in [0.05, 0.1) is 22.2 Å². The van der Waals surface area contributed by atoms with E-state index in [1.807, 2.05) is 13.8 Å². The maximum absolute atomic E-state index is 12.2. The van der Waals surface area contributed by atoms with E-state index in [1.165, 1.54) is 11.3 Å². The number of nitrogens with zero attached hydrogens (tertiary/aromatic N) is 2. The summed E-state index contributed by atoms with van der Waals surface area (Å²) >= 11 is 2.53. The van der Waals surface area contributed by atoms with Crippen molar-refractivity contribution in [3.8, 4) is 6.07 Å². The molecule has 0 aliphatic rings. The van der Waals surface area contributed by atoms with E-state index in [2.05, 4.69) is 21.4 Å². The molecule has 0 saturated heterocycles. The van der Waals surface area contributed by atoms with Crippen molar-refractivity contribution in [3.05, 3.63) is 50.6 Å². The zero-order valence-corrected chi connectivity index (χ0v) is 15.2. The lowest BCUT2D eigenvalue weighted by atomic mass is 10.2. The number of nitriles is 1. The van der Waals surface area contributed by atoms with Crippen molar-refractivity contribution in [1.82, 2.24) is 9.97 Å². The van der Waals surface area contributed by atoms with Crippen LogP contribution in [0.5, 0.6) is 0 Å². The molecule has 0 saturated carbocycles. The molecule has 0 radical (unpaired) electrons. The van der Waals surface area contributed by atoms with Gasteiger partial charge < -0.3 is 10.3 Å². The SMILES string of the molecule is Cc1sc(NC(=O)CSc2nc3ccccc3c(=O)[nH]2)c(C#N)c1C. The number of carbonyl (C=O) groups is 1. The third-order valence-corrected chi connectivity index (χ3v) is 5.68. The highest BCUT2D eigenvalue weighted by Gasteiger charge is 2.15. The van der Waals surface area contributed by atoms with Gasteiger partial charge in [0.1, 0.15) is 11.1 Å². The molecule has 2 N–H and O–H groups in total. The first-order valence-corrected chi connectivity index (χ1v) is 9.21. The molecular weight excluding hydrogens is 356 g/mol. The molecule has 2 aromatic heterocycles. The number of para-hydroxylation sites is 1. The Morgan fingerprint density at radius 2 is 2.16 bits per heavy atom. The standard InChI is InChI=1S/C17H14N4O2S2/c1-9-10(2)25-16(12(9)7-18)20-14(22)8-24-17-19-13-6-4-3-5-11(13)15(23)21-17/h3-6H,8H2,1-2H3,(H,20,22)(H,19,21,23). The molecule has 8 heteroatoms. The number of benzene rings is 1. The Labute approximate surface area is 151 Å². The fourth-order valence-corrected chi connectivity index (χ4v) is 3.97. The van der Waals surface area contributed by atoms with Crippen molar-refractivity contribution < 1.29 is 4.79 Å². The monoisotopic (exact) mass is 370 g/mol. The second-order valence-electron chi connectivity index (χ2n) is 5.32. The number of aryl methyl sites for hydroxylation is 1. The Hall–Kier alpha value is -2.63. The Morgan fingerprint density at radius 3 is 2.92 bits per heavy atom. The van der Waals surface area contributed by atoms with Crippen LogP contribution in [-0.2, 0) is 4.79 Å². The average Bonchev–Trinajstić information content (AvgIpc) is 2.86. The second-order valence-corrected chi connectivity index (χ2v) is 7.51. The number of hydrogen-bond acceptors (Lipinski definition) is 6. The molecule has 3 aromatic rings. The summed E-state index contributed by atoms with van der Waals surface area (Å²) in [6.45, 7) is 3.77. The van der Waals surface area contributed by atoms with Gasteiger partial charge in [0.15, 0.2) is 5.16 Å². The maximum Gasteiger partial charge on any atom is 0.259 e. The fourth-order valence-electron chi connectivity index (χ4n) is 2.28. The van der Waals surface area contributed by atoms with E-state index >= 15 is 0 Å². The number of hydrogen-bond donors (Lipinski definition) is 2. The van der Waals surface area contributed by atoms with E-state index in [-0.39, 0.29) is 17.2 Å². The maximum atomic E-state index is 12.2. The number of rotatable bonds is 4. The van der Waals surface area contributed by atoms with Crippen LogP contribution >= 0.6 is 23.1 Å². The van der Waals surface area contributed by atoms with Gasteiger partial charge in [0, 0.05) is 4.88 Å². The van der Waals surface area contributed by atoms with Crippen LogP contribution < -0.4 is 10.9 Å². The first-order chi connectivity index (χ1) is 12.0. The largest absolute Gasteiger partial charge is 0.316 e. The summed E-state index contributed by atoms with van der Waals surface area (Å²) in [4.78, 5) is 32.2. The van der Waals surface area contributed by atoms with Crippen LogP contribution in [0.25, 0.3) is 10.9 Å². The molecule has 1 aromatic carbocycles. The van der Waals surface area contributed by atoms with Gasteiger partial charge in [-0.15, -0.1) is 11.3 Å². The molecule has 25 heavy (non-hydrogen) atoms. The molecule has 6 nitrogen and oxygen atoms in total. The number of thiophene rings is 1. The summed E-state index contributed by atoms with van der Waals surface area (Å²) in [7, 11) is 0. The second kappa shape index (κ2) is 7.09. The van der Waals surface area contributed by atoms with Crippen molar-refractivity contribution >= 4 is 44.9 Å². The third-order valence-electron chi connectivity index (χ3n) is 3.68. The molecule has 0 unspecified atom stereocenters. The van der Waals surface area contributed by atoms with Crippen LogP contribution in [0, 0.1) is 25.2 Å². The van der Waals surface area contributed by atoms with Crippen LogP contribution in [-0.4, -0.2) is 21.6 Å². The summed E-state index contributed by atoms with van der Waals surface area (Å²) in [5.74, 6) is -0.166. The normalized spacial score (nSPS) is 10.6. The van der Waals surface area contributed by atoms with Gasteiger partial charge in [-0.05, 0) is 31.5 Å². The van der Waals surface area contributed by atoms with Gasteiger partial charge in [-0.1, -0.05) is 23.9 Å². The van der Waals surface area contributed by atoms with Crippen molar-refractivity contribution in [2.24, 2.45) is 0 Å². The number of aromatic nitrogens is 2. The van der Waals surface area contributed by atoms with Crippen molar-refractivity contribution in [1.29, 1.82) is 5.26 Å². The Morgan fingerprint density at radius 1 is 1.40 bits per heavy atom. The predicted molar refractivity (Wildman–Crippen MR) is 100 cm³/mol. The first-order valence-electron chi connectivity index (χ1n) is 7.41. The molecule has 126 valence electrons. The topological polar surface area (TPSA) is 98.6 Å². The minimum absolute atomic E-state index is 0.0855. The summed E-state index contributed by atoms with van der Waals surface area (Å²) in [6.07, 6.45) is 0. The van der Waals surface area contributed by atoms with Gasteiger partial charge in [0.25, 0.3) is 5.56 Å². The molecule has 0 spiro atoms. The third kappa shape index (κ3) is 3.57. The van der Waals surface area contributed by atoms with Crippen LogP contribution in [0.4, 0.5) is 5.00 Å². The molecule has 0 aliphatic carbocycles. The molecule has 3 rings (SSSR count). The van der Waals surface area contributed by atoms with E-state index < -0.39 is 0 Å². The molecule has 0 bridgehead atoms. The predicted octanol–water partition coefficient (Wildman–Crippen LogP) is 3.20. The highest BCUT2D eigenvalue weighted by Crippen LogP contribution is 2.31. The number of anilines is 1. The molecule has 0 atom stereocenters. The van der Waals surface area contributed by atoms with Gasteiger partial charge in [-0.3, -0.25) is 9.59 Å². The van der Waals surface area contributed by atoms with Crippen LogP contribution in [0.1, 0.15) is 16.0 Å². The number of amides is 1. The van der Waals surface area contributed by atoms with Crippen molar-refractivity contribution in [2.45, 2.75) is 19.0 Å². The summed E-state index contributed by atoms with van der Waals surface area (Å²) < 4.78 is 0. The van der Waals surface area contributed by atoms with Crippen LogP contribution in [0.15, 0.2) is 34.2 Å². The highest BCUT2D eigenvalue weighted by molar-refractivity contribution is 7.99. The van der Waals surface area contributed by atoms with E-state index in [9.17, 15) is 14.9 Å². The molecular formula is C17H14N4O2S2. The lowest BCUT2D eigenvalue weighted by Crippen LogP contribution is -2.15. The minimum Gasteiger partial charge on any atom is -0.316 e. The van der Waals surface area contributed by atoms with E-state index in [0.717, 1.165) is 22.2 Å². The first kappa shape index (κ1) is 17.2. The number of carbonyl (C=O) groups excluding carboxylic acids is 1. The van der Waals surface area contributed by atoms with Crippen LogP contribution in [0.3, 0.4) is 0 Å². The zero-order valence-electron chi connectivity index (χ0n) is 13.5. The van der Waals surface area contributed by atoms with Crippen LogP contribution in [0.2, 0.25) is 0 Å². The number of H-pyrrole nitrogens is 1. The Kier molecular flexibility index (Phi) is 4.88. The lowest BCUT2D eigenvalue weighted by molar-refractivity contribution is -0.113. The number of aromatic amines is 1. The molecule has 1 amide bonds.